The molecule has 2 aliphatic carbocycles. The van der Waals surface area contributed by atoms with E-state index in [0.717, 1.165) is 29.6 Å². The summed E-state index contributed by atoms with van der Waals surface area (Å²) >= 11 is 0. The second kappa shape index (κ2) is 4.89. The molecule has 88 valence electrons. The third-order valence-electron chi connectivity index (χ3n) is 5.16. The van der Waals surface area contributed by atoms with Crippen LogP contribution in [0.25, 0.3) is 0 Å². The molecule has 0 nitrogen and oxygen atoms in total. The summed E-state index contributed by atoms with van der Waals surface area (Å²) in [6, 6.07) is 0. The summed E-state index contributed by atoms with van der Waals surface area (Å²) in [5.74, 6) is 5.18. The molecule has 0 bridgehead atoms. The van der Waals surface area contributed by atoms with Crippen LogP contribution in [0.5, 0.6) is 0 Å². The highest BCUT2D eigenvalue weighted by molar-refractivity contribution is 4.83. The first-order valence-corrected chi connectivity index (χ1v) is 7.16. The molecule has 3 unspecified atom stereocenters. The van der Waals surface area contributed by atoms with Crippen LogP contribution in [0.4, 0.5) is 0 Å². The van der Waals surface area contributed by atoms with Gasteiger partial charge in [0, 0.05) is 0 Å². The first-order valence-electron chi connectivity index (χ1n) is 7.16. The van der Waals surface area contributed by atoms with E-state index >= 15 is 0 Å². The fourth-order valence-corrected chi connectivity index (χ4v) is 4.10. The van der Waals surface area contributed by atoms with Crippen molar-refractivity contribution >= 4 is 0 Å². The maximum absolute atomic E-state index is 2.51. The van der Waals surface area contributed by atoms with E-state index < -0.39 is 0 Å². The fourth-order valence-electron chi connectivity index (χ4n) is 4.10. The molecule has 2 saturated carbocycles. The summed E-state index contributed by atoms with van der Waals surface area (Å²) < 4.78 is 0. The van der Waals surface area contributed by atoms with Crippen molar-refractivity contribution in [2.75, 3.05) is 0 Å². The molecule has 3 atom stereocenters. The summed E-state index contributed by atoms with van der Waals surface area (Å²) in [4.78, 5) is 0. The zero-order chi connectivity index (χ0) is 10.8. The Morgan fingerprint density at radius 2 is 1.27 bits per heavy atom. The second-order valence-corrected chi connectivity index (χ2v) is 6.58. The Balaban J connectivity index is 1.87. The quantitative estimate of drug-likeness (QED) is 0.576. The molecule has 0 aromatic heterocycles. The first kappa shape index (κ1) is 11.5. The van der Waals surface area contributed by atoms with Crippen molar-refractivity contribution in [3.05, 3.63) is 0 Å². The molecule has 2 rings (SSSR count). The minimum atomic E-state index is 0.999. The number of rotatable bonds is 1. The maximum Gasteiger partial charge on any atom is -0.0360 e. The predicted octanol–water partition coefficient (Wildman–Crippen LogP) is 4.89. The summed E-state index contributed by atoms with van der Waals surface area (Å²) in [6.07, 6.45) is 10.6. The van der Waals surface area contributed by atoms with E-state index in [4.69, 9.17) is 0 Å². The standard InChI is InChI=1S/C15H28/c1-11-4-7-14(8-5-11)15-9-6-12(2)10-13(15)3/h11-15H,4-10H2,1-3H3. The SMILES string of the molecule is CC1CCC(C2CCC(C)CC2C)CC1. The van der Waals surface area contributed by atoms with E-state index in [2.05, 4.69) is 20.8 Å². The van der Waals surface area contributed by atoms with Crippen molar-refractivity contribution in [1.82, 2.24) is 0 Å². The van der Waals surface area contributed by atoms with Crippen molar-refractivity contribution in [1.29, 1.82) is 0 Å². The van der Waals surface area contributed by atoms with Gasteiger partial charge in [0.05, 0.1) is 0 Å². The predicted molar refractivity (Wildman–Crippen MR) is 66.8 cm³/mol. The lowest BCUT2D eigenvalue weighted by Gasteiger charge is -2.40. The van der Waals surface area contributed by atoms with Crippen molar-refractivity contribution in [3.8, 4) is 0 Å². The third-order valence-corrected chi connectivity index (χ3v) is 5.16. The minimum Gasteiger partial charge on any atom is -0.0625 e. The molecule has 2 aliphatic rings. The van der Waals surface area contributed by atoms with Crippen LogP contribution >= 0.6 is 0 Å². The van der Waals surface area contributed by atoms with Crippen molar-refractivity contribution < 1.29 is 0 Å². The Morgan fingerprint density at radius 3 is 1.87 bits per heavy atom. The molecule has 0 aromatic carbocycles. The topological polar surface area (TPSA) is 0 Å². The van der Waals surface area contributed by atoms with E-state index in [0.29, 0.717) is 0 Å². The molecule has 15 heavy (non-hydrogen) atoms. The zero-order valence-corrected chi connectivity index (χ0v) is 10.8. The van der Waals surface area contributed by atoms with Gasteiger partial charge in [0.15, 0.2) is 0 Å². The molecule has 0 aromatic rings. The van der Waals surface area contributed by atoms with Gasteiger partial charge in [0.25, 0.3) is 0 Å². The molecule has 0 saturated heterocycles. The molecular formula is C15H28. The molecule has 2 fully saturated rings. The average molecular weight is 208 g/mol. The molecular weight excluding hydrogens is 180 g/mol. The largest absolute Gasteiger partial charge is 0.0625 e. The van der Waals surface area contributed by atoms with Crippen molar-refractivity contribution in [2.45, 2.75) is 65.7 Å². The highest BCUT2D eigenvalue weighted by Crippen LogP contribution is 2.43. The van der Waals surface area contributed by atoms with E-state index in [1.807, 2.05) is 0 Å². The Bertz CT molecular complexity index is 188. The fraction of sp³-hybridized carbons (Fsp3) is 1.00. The Morgan fingerprint density at radius 1 is 0.667 bits per heavy atom. The van der Waals surface area contributed by atoms with Gasteiger partial charge in [-0.25, -0.2) is 0 Å². The van der Waals surface area contributed by atoms with Gasteiger partial charge in [-0.2, -0.15) is 0 Å². The highest BCUT2D eigenvalue weighted by atomic mass is 14.4. The van der Waals surface area contributed by atoms with Crippen LogP contribution < -0.4 is 0 Å². The monoisotopic (exact) mass is 208 g/mol. The van der Waals surface area contributed by atoms with E-state index in [1.54, 1.807) is 0 Å². The summed E-state index contributed by atoms with van der Waals surface area (Å²) in [5.41, 5.74) is 0. The molecule has 0 heteroatoms. The van der Waals surface area contributed by atoms with Gasteiger partial charge in [-0.15, -0.1) is 0 Å². The van der Waals surface area contributed by atoms with E-state index in [1.165, 1.54) is 44.9 Å². The van der Waals surface area contributed by atoms with Gasteiger partial charge in [-0.3, -0.25) is 0 Å². The molecule has 0 spiro atoms. The van der Waals surface area contributed by atoms with Crippen LogP contribution in [-0.4, -0.2) is 0 Å². The average Bonchev–Trinajstić information content (AvgIpc) is 2.20. The van der Waals surface area contributed by atoms with Crippen LogP contribution in [0.2, 0.25) is 0 Å². The van der Waals surface area contributed by atoms with Crippen LogP contribution in [0.1, 0.15) is 65.7 Å². The highest BCUT2D eigenvalue weighted by Gasteiger charge is 2.33. The number of hydrogen-bond acceptors (Lipinski definition) is 0. The lowest BCUT2D eigenvalue weighted by molar-refractivity contribution is 0.104. The van der Waals surface area contributed by atoms with Crippen LogP contribution in [0.3, 0.4) is 0 Å². The Hall–Kier alpha value is 0. The Kier molecular flexibility index (Phi) is 3.74. The molecule has 0 amide bonds. The smallest absolute Gasteiger partial charge is 0.0360 e. The molecule has 0 heterocycles. The summed E-state index contributed by atoms with van der Waals surface area (Å²) in [5, 5.41) is 0. The lowest BCUT2D eigenvalue weighted by atomic mass is 9.65. The van der Waals surface area contributed by atoms with Crippen LogP contribution in [-0.2, 0) is 0 Å². The second-order valence-electron chi connectivity index (χ2n) is 6.58. The molecule has 0 radical (unpaired) electrons. The van der Waals surface area contributed by atoms with Gasteiger partial charge in [0.2, 0.25) is 0 Å². The van der Waals surface area contributed by atoms with E-state index in [9.17, 15) is 0 Å². The van der Waals surface area contributed by atoms with Gasteiger partial charge >= 0.3 is 0 Å². The third kappa shape index (κ3) is 2.77. The van der Waals surface area contributed by atoms with Gasteiger partial charge in [-0.1, -0.05) is 40.0 Å². The normalized spacial score (nSPS) is 47.8. The zero-order valence-electron chi connectivity index (χ0n) is 10.8. The summed E-state index contributed by atoms with van der Waals surface area (Å²) in [7, 11) is 0. The lowest BCUT2D eigenvalue weighted by Crippen LogP contribution is -2.30. The van der Waals surface area contributed by atoms with Gasteiger partial charge < -0.3 is 0 Å². The number of hydrogen-bond donors (Lipinski definition) is 0. The molecule has 0 N–H and O–H groups in total. The van der Waals surface area contributed by atoms with Gasteiger partial charge in [0.1, 0.15) is 0 Å². The first-order chi connectivity index (χ1) is 7.16. The summed E-state index contributed by atoms with van der Waals surface area (Å²) in [6.45, 7) is 7.39. The van der Waals surface area contributed by atoms with Crippen LogP contribution in [0, 0.1) is 29.6 Å². The van der Waals surface area contributed by atoms with E-state index in [-0.39, 0.29) is 0 Å². The van der Waals surface area contributed by atoms with Crippen LogP contribution in [0.15, 0.2) is 0 Å². The maximum atomic E-state index is 2.51. The van der Waals surface area contributed by atoms with Gasteiger partial charge in [-0.05, 0) is 55.3 Å². The Labute approximate surface area is 95.8 Å². The van der Waals surface area contributed by atoms with Crippen molar-refractivity contribution in [2.24, 2.45) is 29.6 Å². The molecule has 0 aliphatic heterocycles. The van der Waals surface area contributed by atoms with Crippen molar-refractivity contribution in [3.63, 3.8) is 0 Å². The minimum absolute atomic E-state index is 0.999.